The summed E-state index contributed by atoms with van der Waals surface area (Å²) in [4.78, 5) is 25.0. The predicted octanol–water partition coefficient (Wildman–Crippen LogP) is 3.98. The monoisotopic (exact) mass is 443 g/mol. The SMILES string of the molecule is C[C@H]1CN(c2nc3ccccn3c(=O)c2/C=C(\C#N)c2nc3ccccc3s2)C[C@H](C)O1. The molecule has 8 heteroatoms. The molecule has 4 aromatic rings. The lowest BCUT2D eigenvalue weighted by atomic mass is 10.1. The fraction of sp³-hybridized carbons (Fsp3) is 0.250. The van der Waals surface area contributed by atoms with E-state index in [4.69, 9.17) is 9.72 Å². The molecule has 5 rings (SSSR count). The van der Waals surface area contributed by atoms with Crippen molar-refractivity contribution in [3.63, 3.8) is 0 Å². The van der Waals surface area contributed by atoms with Gasteiger partial charge >= 0.3 is 0 Å². The van der Waals surface area contributed by atoms with Crippen LogP contribution in [-0.2, 0) is 4.74 Å². The van der Waals surface area contributed by atoms with Gasteiger partial charge in [0.15, 0.2) is 0 Å². The Morgan fingerprint density at radius 1 is 1.16 bits per heavy atom. The first-order valence-electron chi connectivity index (χ1n) is 10.4. The fourth-order valence-corrected chi connectivity index (χ4v) is 5.01. The third-order valence-corrected chi connectivity index (χ3v) is 6.47. The van der Waals surface area contributed by atoms with Crippen molar-refractivity contribution in [1.82, 2.24) is 14.4 Å². The van der Waals surface area contributed by atoms with E-state index in [1.807, 2.05) is 50.2 Å². The molecule has 0 spiro atoms. The Bertz CT molecular complexity index is 1410. The number of para-hydroxylation sites is 1. The number of nitriles is 1. The van der Waals surface area contributed by atoms with Gasteiger partial charge in [-0.15, -0.1) is 11.3 Å². The van der Waals surface area contributed by atoms with E-state index in [0.29, 0.717) is 40.7 Å². The number of thiazole rings is 1. The highest BCUT2D eigenvalue weighted by Crippen LogP contribution is 2.30. The van der Waals surface area contributed by atoms with Crippen molar-refractivity contribution in [2.75, 3.05) is 18.0 Å². The van der Waals surface area contributed by atoms with Crippen LogP contribution in [-0.4, -0.2) is 39.7 Å². The van der Waals surface area contributed by atoms with Gasteiger partial charge in [-0.2, -0.15) is 5.26 Å². The summed E-state index contributed by atoms with van der Waals surface area (Å²) in [7, 11) is 0. The maximum Gasteiger partial charge on any atom is 0.267 e. The minimum absolute atomic E-state index is 0.00584. The van der Waals surface area contributed by atoms with Crippen LogP contribution in [0.1, 0.15) is 24.4 Å². The highest BCUT2D eigenvalue weighted by Gasteiger charge is 2.26. The van der Waals surface area contributed by atoms with Crippen molar-refractivity contribution < 1.29 is 4.74 Å². The Morgan fingerprint density at radius 3 is 2.66 bits per heavy atom. The quantitative estimate of drug-likeness (QED) is 0.446. The van der Waals surface area contributed by atoms with E-state index in [-0.39, 0.29) is 17.8 Å². The van der Waals surface area contributed by atoms with Gasteiger partial charge in [-0.05, 0) is 44.2 Å². The molecule has 0 N–H and O–H groups in total. The molecule has 1 aliphatic heterocycles. The van der Waals surface area contributed by atoms with E-state index >= 15 is 0 Å². The van der Waals surface area contributed by atoms with Gasteiger partial charge in [0.2, 0.25) is 0 Å². The molecule has 0 radical (unpaired) electrons. The minimum Gasteiger partial charge on any atom is -0.372 e. The Hall–Kier alpha value is -3.54. The van der Waals surface area contributed by atoms with Gasteiger partial charge in [0.05, 0.1) is 33.6 Å². The van der Waals surface area contributed by atoms with Crippen LogP contribution in [0.15, 0.2) is 53.5 Å². The van der Waals surface area contributed by atoms with Gasteiger partial charge in [-0.25, -0.2) is 9.97 Å². The average molecular weight is 444 g/mol. The largest absolute Gasteiger partial charge is 0.372 e. The lowest BCUT2D eigenvalue weighted by Gasteiger charge is -2.36. The van der Waals surface area contributed by atoms with Crippen LogP contribution >= 0.6 is 11.3 Å². The zero-order valence-electron chi connectivity index (χ0n) is 17.7. The molecule has 2 atom stereocenters. The third-order valence-electron chi connectivity index (χ3n) is 5.40. The number of nitrogens with zero attached hydrogens (tertiary/aromatic N) is 5. The van der Waals surface area contributed by atoms with Crippen LogP contribution in [0.4, 0.5) is 5.82 Å². The fourth-order valence-electron chi connectivity index (χ4n) is 4.08. The van der Waals surface area contributed by atoms with Crippen molar-refractivity contribution in [2.24, 2.45) is 0 Å². The van der Waals surface area contributed by atoms with Crippen LogP contribution < -0.4 is 10.5 Å². The molecule has 1 fully saturated rings. The molecular formula is C24H21N5O2S. The normalized spacial score (nSPS) is 19.4. The van der Waals surface area contributed by atoms with Gasteiger partial charge in [-0.3, -0.25) is 9.20 Å². The van der Waals surface area contributed by atoms with E-state index in [0.717, 1.165) is 10.2 Å². The second kappa shape index (κ2) is 8.19. The van der Waals surface area contributed by atoms with Crippen LogP contribution in [0, 0.1) is 11.3 Å². The topological polar surface area (TPSA) is 83.5 Å². The number of hydrogen-bond acceptors (Lipinski definition) is 7. The lowest BCUT2D eigenvalue weighted by Crippen LogP contribution is -2.46. The van der Waals surface area contributed by atoms with Gasteiger partial charge in [0.1, 0.15) is 22.5 Å². The van der Waals surface area contributed by atoms with Crippen LogP contribution in [0.2, 0.25) is 0 Å². The molecule has 0 bridgehead atoms. The first-order chi connectivity index (χ1) is 15.5. The highest BCUT2D eigenvalue weighted by molar-refractivity contribution is 7.19. The van der Waals surface area contributed by atoms with E-state index in [9.17, 15) is 10.1 Å². The van der Waals surface area contributed by atoms with Crippen molar-refractivity contribution in [3.05, 3.63) is 69.6 Å². The maximum absolute atomic E-state index is 13.5. The van der Waals surface area contributed by atoms with Crippen molar-refractivity contribution in [3.8, 4) is 6.07 Å². The molecule has 0 aliphatic carbocycles. The summed E-state index contributed by atoms with van der Waals surface area (Å²) in [6, 6.07) is 15.4. The summed E-state index contributed by atoms with van der Waals surface area (Å²) < 4.78 is 8.38. The molecule has 0 amide bonds. The number of morpholine rings is 1. The first kappa shape index (κ1) is 20.4. The lowest BCUT2D eigenvalue weighted by molar-refractivity contribution is -0.00546. The molecule has 7 nitrogen and oxygen atoms in total. The van der Waals surface area contributed by atoms with E-state index in [2.05, 4.69) is 16.0 Å². The molecule has 160 valence electrons. The molecule has 1 saturated heterocycles. The molecule has 3 aromatic heterocycles. The van der Waals surface area contributed by atoms with Gasteiger partial charge < -0.3 is 9.64 Å². The predicted molar refractivity (Wildman–Crippen MR) is 127 cm³/mol. The zero-order chi connectivity index (χ0) is 22.2. The number of benzene rings is 1. The second-order valence-electron chi connectivity index (χ2n) is 7.90. The first-order valence-corrected chi connectivity index (χ1v) is 11.2. The minimum atomic E-state index is -0.216. The Kier molecular flexibility index (Phi) is 5.21. The summed E-state index contributed by atoms with van der Waals surface area (Å²) in [6.07, 6.45) is 3.34. The standard InChI is InChI=1S/C24H21N5O2S/c1-15-13-28(14-16(2)31-15)22-18(24(30)29-10-6-5-9-21(29)27-22)11-17(12-25)23-26-19-7-3-4-8-20(19)32-23/h3-11,15-16H,13-14H2,1-2H3/b17-11+/t15-,16-/m0/s1. The molecule has 1 aromatic carbocycles. The number of aromatic nitrogens is 3. The summed E-state index contributed by atoms with van der Waals surface area (Å²) in [5.41, 5.74) is 1.90. The molecule has 0 unspecified atom stereocenters. The van der Waals surface area contributed by atoms with Crippen molar-refractivity contribution >= 4 is 44.7 Å². The highest BCUT2D eigenvalue weighted by atomic mass is 32.1. The maximum atomic E-state index is 13.5. The van der Waals surface area contributed by atoms with Crippen LogP contribution in [0.25, 0.3) is 27.5 Å². The van der Waals surface area contributed by atoms with Crippen LogP contribution in [0.5, 0.6) is 0 Å². The van der Waals surface area contributed by atoms with Crippen molar-refractivity contribution in [1.29, 1.82) is 5.26 Å². The van der Waals surface area contributed by atoms with Crippen LogP contribution in [0.3, 0.4) is 0 Å². The number of fused-ring (bicyclic) bond motifs is 2. The molecule has 0 saturated carbocycles. The number of anilines is 1. The number of rotatable bonds is 3. The summed E-state index contributed by atoms with van der Waals surface area (Å²) >= 11 is 1.44. The molecular weight excluding hydrogens is 422 g/mol. The smallest absolute Gasteiger partial charge is 0.267 e. The van der Waals surface area contributed by atoms with Gasteiger partial charge in [0, 0.05) is 19.3 Å². The van der Waals surface area contributed by atoms with E-state index in [1.54, 1.807) is 18.3 Å². The second-order valence-corrected chi connectivity index (χ2v) is 8.93. The average Bonchev–Trinajstić information content (AvgIpc) is 3.22. The molecule has 1 aliphatic rings. The number of ether oxygens (including phenoxy) is 1. The number of hydrogen-bond donors (Lipinski definition) is 0. The molecule has 4 heterocycles. The Labute approximate surface area is 188 Å². The van der Waals surface area contributed by atoms with E-state index in [1.165, 1.54) is 15.7 Å². The molecule has 32 heavy (non-hydrogen) atoms. The number of pyridine rings is 1. The Balaban J connectivity index is 1.71. The third kappa shape index (κ3) is 3.66. The van der Waals surface area contributed by atoms with E-state index < -0.39 is 0 Å². The van der Waals surface area contributed by atoms with Gasteiger partial charge in [0.25, 0.3) is 5.56 Å². The Morgan fingerprint density at radius 2 is 1.91 bits per heavy atom. The number of allylic oxidation sites excluding steroid dienone is 1. The van der Waals surface area contributed by atoms with Crippen molar-refractivity contribution in [2.45, 2.75) is 26.1 Å². The van der Waals surface area contributed by atoms with Gasteiger partial charge in [-0.1, -0.05) is 18.2 Å². The summed E-state index contributed by atoms with van der Waals surface area (Å²) in [5.74, 6) is 0.567. The summed E-state index contributed by atoms with van der Waals surface area (Å²) in [5, 5.41) is 10.5. The summed E-state index contributed by atoms with van der Waals surface area (Å²) in [6.45, 7) is 5.25. The zero-order valence-corrected chi connectivity index (χ0v) is 18.5.